The largest absolute Gasteiger partial charge is 0.494 e. The van der Waals surface area contributed by atoms with Crippen LogP contribution in [-0.4, -0.2) is 30.3 Å². The van der Waals surface area contributed by atoms with Gasteiger partial charge < -0.3 is 20.9 Å². The maximum atomic E-state index is 12.0. The van der Waals surface area contributed by atoms with Gasteiger partial charge in [-0.25, -0.2) is 0 Å². The number of nitrogen functional groups attached to an aromatic ring is 1. The lowest BCUT2D eigenvalue weighted by atomic mass is 10.1. The van der Waals surface area contributed by atoms with Crippen LogP contribution in [0.15, 0.2) is 18.2 Å². The van der Waals surface area contributed by atoms with E-state index in [1.54, 1.807) is 18.2 Å². The van der Waals surface area contributed by atoms with Gasteiger partial charge in [0.15, 0.2) is 0 Å². The van der Waals surface area contributed by atoms with Crippen LogP contribution in [0.2, 0.25) is 0 Å². The molecule has 0 saturated heterocycles. The highest BCUT2D eigenvalue weighted by Crippen LogP contribution is 2.19. The van der Waals surface area contributed by atoms with Crippen LogP contribution >= 0.6 is 0 Å². The average Bonchev–Trinajstić information content (AvgIpc) is 2.34. The zero-order valence-corrected chi connectivity index (χ0v) is 12.3. The van der Waals surface area contributed by atoms with Crippen molar-refractivity contribution in [1.29, 1.82) is 0 Å². The number of benzene rings is 1. The van der Waals surface area contributed by atoms with Crippen molar-refractivity contribution in [2.24, 2.45) is 5.92 Å². The van der Waals surface area contributed by atoms with E-state index in [9.17, 15) is 9.90 Å². The number of anilines is 1. The van der Waals surface area contributed by atoms with Crippen LogP contribution in [0.5, 0.6) is 5.75 Å². The smallest absolute Gasteiger partial charge is 0.251 e. The Morgan fingerprint density at radius 3 is 2.70 bits per heavy atom. The third-order valence-corrected chi connectivity index (χ3v) is 2.74. The van der Waals surface area contributed by atoms with Gasteiger partial charge >= 0.3 is 0 Å². The van der Waals surface area contributed by atoms with E-state index in [1.165, 1.54) is 0 Å². The molecule has 0 fully saturated rings. The normalized spacial score (nSPS) is 12.2. The van der Waals surface area contributed by atoms with Gasteiger partial charge in [-0.3, -0.25) is 4.79 Å². The second kappa shape index (κ2) is 7.75. The van der Waals surface area contributed by atoms with E-state index in [0.717, 1.165) is 0 Å². The van der Waals surface area contributed by atoms with Gasteiger partial charge in [-0.05, 0) is 31.4 Å². The van der Waals surface area contributed by atoms with E-state index in [0.29, 0.717) is 35.9 Å². The Kier molecular flexibility index (Phi) is 6.31. The summed E-state index contributed by atoms with van der Waals surface area (Å²) in [4.78, 5) is 12.0. The van der Waals surface area contributed by atoms with E-state index < -0.39 is 6.10 Å². The Morgan fingerprint density at radius 1 is 1.40 bits per heavy atom. The molecule has 1 rings (SSSR count). The van der Waals surface area contributed by atoms with E-state index in [1.807, 2.05) is 20.8 Å². The molecule has 1 atom stereocenters. The van der Waals surface area contributed by atoms with Crippen molar-refractivity contribution < 1.29 is 14.6 Å². The Hall–Kier alpha value is -1.75. The summed E-state index contributed by atoms with van der Waals surface area (Å²) in [7, 11) is 0. The molecule has 0 heterocycles. The molecule has 1 amide bonds. The predicted octanol–water partition coefficient (Wildman–Crippen LogP) is 1.80. The highest BCUT2D eigenvalue weighted by Gasteiger charge is 2.12. The molecule has 0 aliphatic heterocycles. The Bertz CT molecular complexity index is 447. The zero-order chi connectivity index (χ0) is 15.1. The molecule has 1 aromatic carbocycles. The molecule has 0 aliphatic rings. The van der Waals surface area contributed by atoms with Crippen LogP contribution in [0.25, 0.3) is 0 Å². The van der Waals surface area contributed by atoms with Gasteiger partial charge in [-0.15, -0.1) is 0 Å². The van der Waals surface area contributed by atoms with Crippen molar-refractivity contribution in [3.63, 3.8) is 0 Å². The van der Waals surface area contributed by atoms with Gasteiger partial charge in [0.2, 0.25) is 0 Å². The quantitative estimate of drug-likeness (QED) is 0.665. The average molecular weight is 280 g/mol. The lowest BCUT2D eigenvalue weighted by Crippen LogP contribution is -2.32. The molecule has 4 N–H and O–H groups in total. The number of carbonyl (C=O) groups excluding carboxylic acids is 1. The highest BCUT2D eigenvalue weighted by molar-refractivity contribution is 5.95. The summed E-state index contributed by atoms with van der Waals surface area (Å²) in [6, 6.07) is 4.91. The molecule has 1 aromatic rings. The molecule has 112 valence electrons. The lowest BCUT2D eigenvalue weighted by molar-refractivity contribution is 0.0900. The van der Waals surface area contributed by atoms with Crippen LogP contribution in [0.4, 0.5) is 5.69 Å². The first kappa shape index (κ1) is 16.3. The molecule has 0 radical (unpaired) electrons. The number of aliphatic hydroxyl groups excluding tert-OH is 1. The summed E-state index contributed by atoms with van der Waals surface area (Å²) >= 11 is 0. The monoisotopic (exact) mass is 280 g/mol. The molecule has 0 bridgehead atoms. The second-order valence-electron chi connectivity index (χ2n) is 5.22. The molecule has 5 nitrogen and oxygen atoms in total. The minimum atomic E-state index is -0.536. The van der Waals surface area contributed by atoms with Gasteiger partial charge in [-0.1, -0.05) is 13.8 Å². The van der Waals surface area contributed by atoms with Crippen molar-refractivity contribution in [2.45, 2.75) is 33.3 Å². The van der Waals surface area contributed by atoms with Crippen molar-refractivity contribution in [3.05, 3.63) is 23.8 Å². The number of rotatable bonds is 7. The Morgan fingerprint density at radius 2 is 2.10 bits per heavy atom. The lowest BCUT2D eigenvalue weighted by Gasteiger charge is -2.14. The number of hydrogen-bond donors (Lipinski definition) is 3. The minimum Gasteiger partial charge on any atom is -0.494 e. The van der Waals surface area contributed by atoms with Gasteiger partial charge in [0, 0.05) is 23.9 Å². The predicted molar refractivity (Wildman–Crippen MR) is 79.8 cm³/mol. The number of aliphatic hydroxyl groups is 1. The molecule has 1 unspecified atom stereocenters. The molecule has 5 heteroatoms. The number of nitrogens with two attached hydrogens (primary N) is 1. The second-order valence-corrected chi connectivity index (χ2v) is 5.22. The Labute approximate surface area is 120 Å². The molecular formula is C15H24N2O3. The highest BCUT2D eigenvalue weighted by atomic mass is 16.5. The van der Waals surface area contributed by atoms with Gasteiger partial charge in [0.25, 0.3) is 5.91 Å². The van der Waals surface area contributed by atoms with Crippen molar-refractivity contribution >= 4 is 11.6 Å². The van der Waals surface area contributed by atoms with Crippen molar-refractivity contribution in [1.82, 2.24) is 5.32 Å². The number of amides is 1. The van der Waals surface area contributed by atoms with E-state index in [2.05, 4.69) is 5.32 Å². The molecule has 0 spiro atoms. The maximum Gasteiger partial charge on any atom is 0.251 e. The molecule has 20 heavy (non-hydrogen) atoms. The first-order valence-electron chi connectivity index (χ1n) is 6.92. The van der Waals surface area contributed by atoms with Crippen LogP contribution < -0.4 is 15.8 Å². The molecule has 0 aliphatic carbocycles. The van der Waals surface area contributed by atoms with Gasteiger partial charge in [-0.2, -0.15) is 0 Å². The number of ether oxygens (including phenoxy) is 1. The SMILES string of the molecule is CCOc1cc(N)cc(C(=O)NCC(O)CC(C)C)c1. The Balaban J connectivity index is 2.63. The van der Waals surface area contributed by atoms with Gasteiger partial charge in [0.05, 0.1) is 12.7 Å². The minimum absolute atomic E-state index is 0.232. The fraction of sp³-hybridized carbons (Fsp3) is 0.533. The fourth-order valence-electron chi connectivity index (χ4n) is 1.94. The maximum absolute atomic E-state index is 12.0. The van der Waals surface area contributed by atoms with Crippen LogP contribution in [-0.2, 0) is 0 Å². The number of hydrogen-bond acceptors (Lipinski definition) is 4. The third kappa shape index (κ3) is 5.48. The standard InChI is InChI=1S/C15H24N2O3/c1-4-20-14-7-11(6-12(16)8-14)15(19)17-9-13(18)5-10(2)3/h6-8,10,13,18H,4-5,9,16H2,1-3H3,(H,17,19). The van der Waals surface area contributed by atoms with Gasteiger partial charge in [0.1, 0.15) is 5.75 Å². The summed E-state index contributed by atoms with van der Waals surface area (Å²) in [6.07, 6.45) is 0.118. The van der Waals surface area contributed by atoms with E-state index in [4.69, 9.17) is 10.5 Å². The summed E-state index contributed by atoms with van der Waals surface area (Å²) in [5, 5.41) is 12.4. The molecule has 0 saturated carbocycles. The van der Waals surface area contributed by atoms with E-state index in [-0.39, 0.29) is 12.5 Å². The van der Waals surface area contributed by atoms with Crippen LogP contribution in [0.3, 0.4) is 0 Å². The summed E-state index contributed by atoms with van der Waals surface area (Å²) in [6.45, 7) is 6.66. The summed E-state index contributed by atoms with van der Waals surface area (Å²) in [5.74, 6) is 0.695. The summed E-state index contributed by atoms with van der Waals surface area (Å²) < 4.78 is 5.35. The van der Waals surface area contributed by atoms with Crippen molar-refractivity contribution in [3.8, 4) is 5.75 Å². The number of carbonyl (C=O) groups is 1. The van der Waals surface area contributed by atoms with Crippen LogP contribution in [0, 0.1) is 5.92 Å². The topological polar surface area (TPSA) is 84.6 Å². The molecular weight excluding hydrogens is 256 g/mol. The molecule has 0 aromatic heterocycles. The third-order valence-electron chi connectivity index (χ3n) is 2.74. The first-order valence-corrected chi connectivity index (χ1v) is 6.92. The van der Waals surface area contributed by atoms with Crippen molar-refractivity contribution in [2.75, 3.05) is 18.9 Å². The fourth-order valence-corrected chi connectivity index (χ4v) is 1.94. The number of nitrogens with one attached hydrogen (secondary N) is 1. The zero-order valence-electron chi connectivity index (χ0n) is 12.3. The first-order chi connectivity index (χ1) is 9.42. The van der Waals surface area contributed by atoms with E-state index >= 15 is 0 Å². The summed E-state index contributed by atoms with van der Waals surface area (Å²) in [5.41, 5.74) is 6.65. The van der Waals surface area contributed by atoms with Crippen LogP contribution in [0.1, 0.15) is 37.6 Å².